The van der Waals surface area contributed by atoms with Gasteiger partial charge in [-0.15, -0.1) is 0 Å². The van der Waals surface area contributed by atoms with E-state index in [-0.39, 0.29) is 36.4 Å². The van der Waals surface area contributed by atoms with Crippen molar-refractivity contribution in [3.8, 4) is 0 Å². The molecule has 24 heavy (non-hydrogen) atoms. The van der Waals surface area contributed by atoms with E-state index in [9.17, 15) is 20.4 Å². The molecule has 4 heteroatoms. The molecule has 7 atom stereocenters. The molecule has 4 N–H and O–H groups in total. The van der Waals surface area contributed by atoms with E-state index in [0.717, 1.165) is 30.4 Å². The highest BCUT2D eigenvalue weighted by Crippen LogP contribution is 2.63. The Morgan fingerprint density at radius 1 is 1.21 bits per heavy atom. The van der Waals surface area contributed by atoms with Gasteiger partial charge in [0, 0.05) is 11.3 Å². The Morgan fingerprint density at radius 3 is 2.54 bits per heavy atom. The molecule has 3 aliphatic rings. The van der Waals surface area contributed by atoms with E-state index in [1.165, 1.54) is 0 Å². The van der Waals surface area contributed by atoms with Crippen LogP contribution >= 0.6 is 0 Å². The van der Waals surface area contributed by atoms with Gasteiger partial charge in [0.05, 0.1) is 25.4 Å². The standard InChI is InChI=1S/C20H32O4/c1-12(10-21)13-4-5-15-14(8-13)16(23)9-17-19(15,2)7-6-18(24)20(17,3)11-22/h8,13,15-18,21-24H,1,4-7,9-11H2,2-3H3/t13-,15-,16+,17+,18-,19+,20-/m1/s1. The number of aliphatic hydroxyl groups excluding tert-OH is 4. The monoisotopic (exact) mass is 336 g/mol. The summed E-state index contributed by atoms with van der Waals surface area (Å²) in [5.41, 5.74) is 1.36. The van der Waals surface area contributed by atoms with Crippen LogP contribution in [0.4, 0.5) is 0 Å². The minimum atomic E-state index is -0.551. The lowest BCUT2D eigenvalue weighted by Crippen LogP contribution is -2.60. The van der Waals surface area contributed by atoms with Crippen molar-refractivity contribution in [3.63, 3.8) is 0 Å². The van der Waals surface area contributed by atoms with E-state index >= 15 is 0 Å². The average molecular weight is 336 g/mol. The van der Waals surface area contributed by atoms with Crippen LogP contribution in [-0.2, 0) is 0 Å². The van der Waals surface area contributed by atoms with E-state index in [1.54, 1.807) is 0 Å². The van der Waals surface area contributed by atoms with E-state index in [1.807, 2.05) is 6.92 Å². The maximum Gasteiger partial charge on any atom is 0.0756 e. The molecule has 0 aromatic heterocycles. The highest BCUT2D eigenvalue weighted by molar-refractivity contribution is 5.29. The molecule has 0 radical (unpaired) electrons. The second-order valence-electron chi connectivity index (χ2n) is 8.75. The summed E-state index contributed by atoms with van der Waals surface area (Å²) in [6, 6.07) is 0. The summed E-state index contributed by atoms with van der Waals surface area (Å²) in [7, 11) is 0. The minimum Gasteiger partial charge on any atom is -0.396 e. The molecule has 136 valence electrons. The summed E-state index contributed by atoms with van der Waals surface area (Å²) in [5, 5.41) is 40.7. The van der Waals surface area contributed by atoms with Crippen LogP contribution in [0.25, 0.3) is 0 Å². The van der Waals surface area contributed by atoms with Crippen LogP contribution in [0.15, 0.2) is 23.8 Å². The van der Waals surface area contributed by atoms with E-state index in [4.69, 9.17) is 0 Å². The van der Waals surface area contributed by atoms with Gasteiger partial charge in [-0.25, -0.2) is 0 Å². The third-order valence-electron chi connectivity index (χ3n) is 7.58. The summed E-state index contributed by atoms with van der Waals surface area (Å²) in [4.78, 5) is 0. The van der Waals surface area contributed by atoms with Gasteiger partial charge in [0.25, 0.3) is 0 Å². The first kappa shape index (κ1) is 18.1. The first-order valence-corrected chi connectivity index (χ1v) is 9.25. The summed E-state index contributed by atoms with van der Waals surface area (Å²) >= 11 is 0. The highest BCUT2D eigenvalue weighted by Gasteiger charge is 2.59. The molecule has 2 saturated carbocycles. The Hall–Kier alpha value is -0.680. The van der Waals surface area contributed by atoms with Gasteiger partial charge >= 0.3 is 0 Å². The summed E-state index contributed by atoms with van der Waals surface area (Å²) in [6.07, 6.45) is 5.23. The molecule has 4 nitrogen and oxygen atoms in total. The van der Waals surface area contributed by atoms with Crippen LogP contribution in [0.3, 0.4) is 0 Å². The van der Waals surface area contributed by atoms with Crippen molar-refractivity contribution in [2.45, 2.75) is 58.2 Å². The van der Waals surface area contributed by atoms with Crippen LogP contribution in [0, 0.1) is 28.6 Å². The van der Waals surface area contributed by atoms with Crippen molar-refractivity contribution in [2.24, 2.45) is 28.6 Å². The molecule has 0 aromatic rings. The predicted octanol–water partition coefficient (Wildman–Crippen LogP) is 2.03. The Balaban J connectivity index is 1.98. The zero-order valence-corrected chi connectivity index (χ0v) is 14.9. The van der Waals surface area contributed by atoms with Crippen molar-refractivity contribution in [3.05, 3.63) is 23.8 Å². The zero-order valence-electron chi connectivity index (χ0n) is 14.9. The fourth-order valence-electron chi connectivity index (χ4n) is 5.91. The third-order valence-corrected chi connectivity index (χ3v) is 7.58. The molecule has 0 spiro atoms. The van der Waals surface area contributed by atoms with Gasteiger partial charge in [-0.2, -0.15) is 0 Å². The maximum atomic E-state index is 10.8. The smallest absolute Gasteiger partial charge is 0.0756 e. The highest BCUT2D eigenvalue weighted by atomic mass is 16.3. The van der Waals surface area contributed by atoms with Crippen molar-refractivity contribution < 1.29 is 20.4 Å². The van der Waals surface area contributed by atoms with Gasteiger partial charge in [-0.1, -0.05) is 26.5 Å². The Kier molecular flexibility index (Phi) is 4.71. The van der Waals surface area contributed by atoms with E-state index in [2.05, 4.69) is 19.6 Å². The van der Waals surface area contributed by atoms with Crippen molar-refractivity contribution >= 4 is 0 Å². The molecular weight excluding hydrogens is 304 g/mol. The zero-order chi connectivity index (χ0) is 17.7. The first-order chi connectivity index (χ1) is 11.3. The molecule has 0 bridgehead atoms. The van der Waals surface area contributed by atoms with Crippen LogP contribution < -0.4 is 0 Å². The lowest BCUT2D eigenvalue weighted by atomic mass is 9.44. The van der Waals surface area contributed by atoms with Crippen LogP contribution in [0.5, 0.6) is 0 Å². The Labute approximate surface area is 144 Å². The molecule has 3 aliphatic carbocycles. The first-order valence-electron chi connectivity index (χ1n) is 9.25. The normalized spacial score (nSPS) is 48.2. The maximum absolute atomic E-state index is 10.8. The minimum absolute atomic E-state index is 0.00666. The molecule has 0 unspecified atom stereocenters. The van der Waals surface area contributed by atoms with Crippen LogP contribution in [-0.4, -0.2) is 45.8 Å². The molecular formula is C20H32O4. The van der Waals surface area contributed by atoms with E-state index in [0.29, 0.717) is 12.8 Å². The number of hydrogen-bond donors (Lipinski definition) is 4. The van der Waals surface area contributed by atoms with Crippen molar-refractivity contribution in [1.82, 2.24) is 0 Å². The van der Waals surface area contributed by atoms with Gasteiger partial charge in [0.1, 0.15) is 0 Å². The fraction of sp³-hybridized carbons (Fsp3) is 0.800. The quantitative estimate of drug-likeness (QED) is 0.595. The SMILES string of the molecule is C=C(CO)[C@H]1C=C2[C@@H](CC1)[C@]1(C)CC[C@@H](O)[C@](C)(CO)[C@H]1C[C@@H]2O. The summed E-state index contributed by atoms with van der Waals surface area (Å²) in [6.45, 7) is 8.16. The predicted molar refractivity (Wildman–Crippen MR) is 93.2 cm³/mol. The number of fused-ring (bicyclic) bond motifs is 3. The number of aliphatic hydroxyl groups is 4. The Bertz CT molecular complexity index is 542. The summed E-state index contributed by atoms with van der Waals surface area (Å²) < 4.78 is 0. The number of rotatable bonds is 3. The van der Waals surface area contributed by atoms with Crippen molar-refractivity contribution in [2.75, 3.05) is 13.2 Å². The Morgan fingerprint density at radius 2 is 1.92 bits per heavy atom. The van der Waals surface area contributed by atoms with Gasteiger partial charge < -0.3 is 20.4 Å². The lowest BCUT2D eigenvalue weighted by Gasteiger charge is -2.61. The third kappa shape index (κ3) is 2.50. The fourth-order valence-corrected chi connectivity index (χ4v) is 5.91. The number of allylic oxidation sites excluding steroid dienone is 1. The van der Waals surface area contributed by atoms with Crippen LogP contribution in [0.1, 0.15) is 46.0 Å². The van der Waals surface area contributed by atoms with Gasteiger partial charge in [-0.05, 0) is 60.5 Å². The molecule has 0 aromatic carbocycles. The molecule has 0 saturated heterocycles. The molecule has 0 amide bonds. The van der Waals surface area contributed by atoms with Crippen molar-refractivity contribution in [1.29, 1.82) is 0 Å². The average Bonchev–Trinajstić information content (AvgIpc) is 2.60. The topological polar surface area (TPSA) is 80.9 Å². The lowest BCUT2D eigenvalue weighted by molar-refractivity contribution is -0.166. The molecule has 0 heterocycles. The van der Waals surface area contributed by atoms with Crippen LogP contribution in [0.2, 0.25) is 0 Å². The van der Waals surface area contributed by atoms with Gasteiger partial charge in [0.2, 0.25) is 0 Å². The molecule has 0 aliphatic heterocycles. The van der Waals surface area contributed by atoms with E-state index < -0.39 is 17.6 Å². The second kappa shape index (κ2) is 6.24. The largest absolute Gasteiger partial charge is 0.396 e. The van der Waals surface area contributed by atoms with Gasteiger partial charge in [0.15, 0.2) is 0 Å². The molecule has 2 fully saturated rings. The summed E-state index contributed by atoms with van der Waals surface area (Å²) in [5.74, 6) is 0.537. The van der Waals surface area contributed by atoms with Gasteiger partial charge in [-0.3, -0.25) is 0 Å². The molecule has 3 rings (SSSR count). The second-order valence-corrected chi connectivity index (χ2v) is 8.75. The number of hydrogen-bond acceptors (Lipinski definition) is 4.